The number of hydrogen-bond donors (Lipinski definition) is 3. The van der Waals surface area contributed by atoms with Gasteiger partial charge in [0.2, 0.25) is 5.91 Å². The summed E-state index contributed by atoms with van der Waals surface area (Å²) in [5.41, 5.74) is 3.12. The minimum atomic E-state index is -0.702. The van der Waals surface area contributed by atoms with Crippen molar-refractivity contribution in [3.63, 3.8) is 0 Å². The van der Waals surface area contributed by atoms with Crippen LogP contribution in [0.3, 0.4) is 0 Å². The first-order valence-electron chi connectivity index (χ1n) is 10.8. The Morgan fingerprint density at radius 3 is 1.94 bits per heavy atom. The second-order valence-corrected chi connectivity index (χ2v) is 7.86. The Labute approximate surface area is 188 Å². The van der Waals surface area contributed by atoms with Crippen LogP contribution in [0.1, 0.15) is 16.7 Å². The number of cyclic esters (lactones) is 1. The summed E-state index contributed by atoms with van der Waals surface area (Å²) in [6.07, 6.45) is -0.562. The average Bonchev–Trinajstić information content (AvgIpc) is 3.19. The minimum absolute atomic E-state index is 0.204. The first-order valence-corrected chi connectivity index (χ1v) is 10.8. The zero-order chi connectivity index (χ0) is 22.2. The van der Waals surface area contributed by atoms with Gasteiger partial charge in [-0.15, -0.1) is 0 Å². The van der Waals surface area contributed by atoms with Gasteiger partial charge in [0.1, 0.15) is 12.1 Å². The van der Waals surface area contributed by atoms with Crippen molar-refractivity contribution < 1.29 is 14.3 Å². The number of alkyl carbamates (subject to hydrolysis) is 1. The molecule has 6 nitrogen and oxygen atoms in total. The van der Waals surface area contributed by atoms with E-state index in [4.69, 9.17) is 4.74 Å². The normalized spacial score (nSPS) is 18.4. The molecule has 0 spiro atoms. The van der Waals surface area contributed by atoms with Gasteiger partial charge in [0.25, 0.3) is 0 Å². The van der Waals surface area contributed by atoms with E-state index in [1.54, 1.807) is 0 Å². The number of amides is 2. The Morgan fingerprint density at radius 2 is 1.34 bits per heavy atom. The molecule has 0 bridgehead atoms. The second kappa shape index (κ2) is 10.6. The lowest BCUT2D eigenvalue weighted by Gasteiger charge is -2.27. The maximum atomic E-state index is 13.2. The molecular formula is C26H27N3O3. The van der Waals surface area contributed by atoms with Crippen LogP contribution in [0.2, 0.25) is 0 Å². The van der Waals surface area contributed by atoms with E-state index in [0.29, 0.717) is 19.5 Å². The summed E-state index contributed by atoms with van der Waals surface area (Å²) in [5.74, 6) is -0.204. The van der Waals surface area contributed by atoms with Gasteiger partial charge in [0.05, 0.1) is 6.04 Å². The van der Waals surface area contributed by atoms with Crippen molar-refractivity contribution in [1.29, 1.82) is 0 Å². The molecule has 1 aliphatic heterocycles. The molecule has 1 saturated heterocycles. The molecule has 1 fully saturated rings. The van der Waals surface area contributed by atoms with Gasteiger partial charge >= 0.3 is 6.09 Å². The highest BCUT2D eigenvalue weighted by Gasteiger charge is 2.42. The number of carbonyl (C=O) groups is 2. The van der Waals surface area contributed by atoms with Crippen molar-refractivity contribution in [3.05, 3.63) is 108 Å². The van der Waals surface area contributed by atoms with Gasteiger partial charge < -0.3 is 15.4 Å². The lowest BCUT2D eigenvalue weighted by Crippen LogP contribution is -2.55. The van der Waals surface area contributed by atoms with Crippen molar-refractivity contribution in [2.45, 2.75) is 37.7 Å². The van der Waals surface area contributed by atoms with Crippen LogP contribution in [0.4, 0.5) is 4.79 Å². The van der Waals surface area contributed by atoms with Gasteiger partial charge in [0.15, 0.2) is 0 Å². The average molecular weight is 430 g/mol. The number of ether oxygens (including phenoxy) is 1. The van der Waals surface area contributed by atoms with Crippen molar-refractivity contribution in [3.8, 4) is 0 Å². The highest BCUT2D eigenvalue weighted by atomic mass is 16.6. The molecule has 3 atom stereocenters. The smallest absolute Gasteiger partial charge is 0.407 e. The highest BCUT2D eigenvalue weighted by molar-refractivity contribution is 5.84. The summed E-state index contributed by atoms with van der Waals surface area (Å²) in [6, 6.07) is 28.4. The topological polar surface area (TPSA) is 79.5 Å². The predicted octanol–water partition coefficient (Wildman–Crippen LogP) is 3.18. The van der Waals surface area contributed by atoms with Crippen LogP contribution in [0.5, 0.6) is 0 Å². The summed E-state index contributed by atoms with van der Waals surface area (Å²) in [7, 11) is 0. The van der Waals surface area contributed by atoms with Gasteiger partial charge in [0, 0.05) is 13.1 Å². The van der Waals surface area contributed by atoms with Crippen LogP contribution in [-0.2, 0) is 29.0 Å². The Balaban J connectivity index is 1.50. The van der Waals surface area contributed by atoms with Crippen LogP contribution in [0.15, 0.2) is 91.0 Å². The molecule has 32 heavy (non-hydrogen) atoms. The molecule has 3 N–H and O–H groups in total. The number of benzene rings is 3. The van der Waals surface area contributed by atoms with Gasteiger partial charge in [-0.05, 0) is 23.1 Å². The van der Waals surface area contributed by atoms with Crippen LogP contribution in [-0.4, -0.2) is 30.2 Å². The van der Waals surface area contributed by atoms with E-state index in [1.807, 2.05) is 91.0 Å². The number of carbonyl (C=O) groups excluding carboxylic acids is 2. The molecule has 0 aliphatic carbocycles. The summed E-state index contributed by atoms with van der Waals surface area (Å²) in [4.78, 5) is 25.4. The number of nitrogens with one attached hydrogen (secondary N) is 3. The Bertz CT molecular complexity index is 1010. The number of hydrogen-bond acceptors (Lipinski definition) is 4. The largest absolute Gasteiger partial charge is 0.442 e. The monoisotopic (exact) mass is 429 g/mol. The molecule has 6 heteroatoms. The Kier molecular flexibility index (Phi) is 7.15. The first-order chi connectivity index (χ1) is 15.7. The maximum absolute atomic E-state index is 13.2. The third-order valence-corrected chi connectivity index (χ3v) is 5.53. The third kappa shape index (κ3) is 5.74. The molecule has 164 valence electrons. The highest BCUT2D eigenvalue weighted by Crippen LogP contribution is 2.18. The zero-order valence-electron chi connectivity index (χ0n) is 17.7. The van der Waals surface area contributed by atoms with E-state index in [9.17, 15) is 9.59 Å². The van der Waals surface area contributed by atoms with Crippen LogP contribution >= 0.6 is 0 Å². The lowest BCUT2D eigenvalue weighted by atomic mass is 9.96. The van der Waals surface area contributed by atoms with Crippen LogP contribution < -0.4 is 16.0 Å². The van der Waals surface area contributed by atoms with E-state index >= 15 is 0 Å². The molecule has 3 aromatic rings. The molecule has 3 aromatic carbocycles. The molecule has 0 aromatic heterocycles. The zero-order valence-corrected chi connectivity index (χ0v) is 17.7. The minimum Gasteiger partial charge on any atom is -0.442 e. The molecule has 4 rings (SSSR count). The van der Waals surface area contributed by atoms with Crippen LogP contribution in [0, 0.1) is 0 Å². The van der Waals surface area contributed by atoms with E-state index in [-0.39, 0.29) is 11.9 Å². The van der Waals surface area contributed by atoms with E-state index < -0.39 is 18.2 Å². The second-order valence-electron chi connectivity index (χ2n) is 7.86. The van der Waals surface area contributed by atoms with Gasteiger partial charge in [-0.3, -0.25) is 10.1 Å². The molecular weight excluding hydrogens is 402 g/mol. The van der Waals surface area contributed by atoms with Gasteiger partial charge in [-0.25, -0.2) is 4.79 Å². The fourth-order valence-corrected chi connectivity index (χ4v) is 3.89. The van der Waals surface area contributed by atoms with Gasteiger partial charge in [-0.1, -0.05) is 91.0 Å². The summed E-state index contributed by atoms with van der Waals surface area (Å²) >= 11 is 0. The third-order valence-electron chi connectivity index (χ3n) is 5.53. The standard InChI is InChI=1S/C26H27N3O3/c30-25(28-18-21-14-8-3-9-15-21)23(27-17-20-12-6-2-7-13-20)24-22(29-26(31)32-24)16-19-10-4-1-5-11-19/h1-15,22-24,27H,16-18H2,(H,28,30)(H,29,31)/t22-,23+,24+/m0/s1. The van der Waals surface area contributed by atoms with Crippen molar-refractivity contribution in [1.82, 2.24) is 16.0 Å². The van der Waals surface area contributed by atoms with E-state index in [2.05, 4.69) is 16.0 Å². The predicted molar refractivity (Wildman–Crippen MR) is 123 cm³/mol. The Morgan fingerprint density at radius 1 is 0.812 bits per heavy atom. The van der Waals surface area contributed by atoms with Crippen molar-refractivity contribution in [2.75, 3.05) is 0 Å². The van der Waals surface area contributed by atoms with Crippen molar-refractivity contribution in [2.24, 2.45) is 0 Å². The summed E-state index contributed by atoms with van der Waals surface area (Å²) in [5, 5.41) is 9.19. The Hall–Kier alpha value is -3.64. The van der Waals surface area contributed by atoms with E-state index in [1.165, 1.54) is 0 Å². The van der Waals surface area contributed by atoms with Gasteiger partial charge in [-0.2, -0.15) is 0 Å². The van der Waals surface area contributed by atoms with Crippen LogP contribution in [0.25, 0.3) is 0 Å². The molecule has 2 amide bonds. The summed E-state index contributed by atoms with van der Waals surface area (Å²) in [6.45, 7) is 0.886. The molecule has 1 aliphatic rings. The van der Waals surface area contributed by atoms with Crippen molar-refractivity contribution >= 4 is 12.0 Å². The molecule has 1 heterocycles. The fourth-order valence-electron chi connectivity index (χ4n) is 3.89. The SMILES string of the molecule is O=C1N[C@@H](Cc2ccccc2)[C@H]([C@@H](NCc2ccccc2)C(=O)NCc2ccccc2)O1. The summed E-state index contributed by atoms with van der Waals surface area (Å²) < 4.78 is 5.60. The molecule has 0 radical (unpaired) electrons. The molecule has 0 unspecified atom stereocenters. The first kappa shape index (κ1) is 21.6. The lowest BCUT2D eigenvalue weighted by molar-refractivity contribution is -0.125. The van der Waals surface area contributed by atoms with E-state index in [0.717, 1.165) is 16.7 Å². The number of rotatable bonds is 9. The molecule has 0 saturated carbocycles. The fraction of sp³-hybridized carbons (Fsp3) is 0.231. The quantitative estimate of drug-likeness (QED) is 0.488. The maximum Gasteiger partial charge on any atom is 0.407 e.